The SMILES string of the molecule is COc1ccc(Cn2nnnc2SCc2cc(Cl)c3c(c2)OCCCO3)cc1. The van der Waals surface area contributed by atoms with Gasteiger partial charge in [0, 0.05) is 12.2 Å². The summed E-state index contributed by atoms with van der Waals surface area (Å²) >= 11 is 7.92. The minimum absolute atomic E-state index is 0.563. The van der Waals surface area contributed by atoms with Crippen LogP contribution in [-0.4, -0.2) is 40.5 Å². The third-order valence-corrected chi connectivity index (χ3v) is 5.53. The van der Waals surface area contributed by atoms with Crippen LogP contribution in [0, 0.1) is 0 Å². The Morgan fingerprint density at radius 3 is 2.79 bits per heavy atom. The van der Waals surface area contributed by atoms with Crippen molar-refractivity contribution >= 4 is 23.4 Å². The number of ether oxygens (including phenoxy) is 3. The number of methoxy groups -OCH3 is 1. The summed E-state index contributed by atoms with van der Waals surface area (Å²) in [5, 5.41) is 13.3. The first-order chi connectivity index (χ1) is 13.7. The molecule has 1 aromatic heterocycles. The maximum Gasteiger partial charge on any atom is 0.209 e. The van der Waals surface area contributed by atoms with E-state index in [-0.39, 0.29) is 0 Å². The van der Waals surface area contributed by atoms with Crippen LogP contribution in [0.1, 0.15) is 17.5 Å². The van der Waals surface area contributed by atoms with Crippen LogP contribution in [-0.2, 0) is 12.3 Å². The zero-order valence-corrected chi connectivity index (χ0v) is 16.9. The lowest BCUT2D eigenvalue weighted by molar-refractivity contribution is 0.297. The van der Waals surface area contributed by atoms with Crippen molar-refractivity contribution in [1.29, 1.82) is 0 Å². The van der Waals surface area contributed by atoms with Crippen molar-refractivity contribution in [2.45, 2.75) is 23.9 Å². The van der Waals surface area contributed by atoms with Crippen molar-refractivity contribution in [1.82, 2.24) is 20.2 Å². The highest BCUT2D eigenvalue weighted by Crippen LogP contribution is 2.39. The summed E-state index contributed by atoms with van der Waals surface area (Å²) in [6, 6.07) is 11.7. The minimum atomic E-state index is 0.563. The minimum Gasteiger partial charge on any atom is -0.497 e. The van der Waals surface area contributed by atoms with Gasteiger partial charge in [-0.05, 0) is 45.8 Å². The molecule has 1 aliphatic rings. The number of thioether (sulfide) groups is 1. The molecular formula is C19H19ClN4O3S. The summed E-state index contributed by atoms with van der Waals surface area (Å²) in [6.45, 7) is 1.82. The fraction of sp³-hybridized carbons (Fsp3) is 0.316. The van der Waals surface area contributed by atoms with Crippen LogP contribution < -0.4 is 14.2 Å². The molecular weight excluding hydrogens is 400 g/mol. The first-order valence-corrected chi connectivity index (χ1v) is 10.2. The topological polar surface area (TPSA) is 71.3 Å². The van der Waals surface area contributed by atoms with Gasteiger partial charge in [0.2, 0.25) is 5.16 Å². The summed E-state index contributed by atoms with van der Waals surface area (Å²) in [5.41, 5.74) is 2.12. The Kier molecular flexibility index (Phi) is 5.87. The van der Waals surface area contributed by atoms with Crippen molar-refractivity contribution in [3.8, 4) is 17.2 Å². The molecule has 0 bridgehead atoms. The molecule has 3 aromatic rings. The molecule has 0 unspecified atom stereocenters. The molecule has 2 aromatic carbocycles. The molecule has 0 N–H and O–H groups in total. The van der Waals surface area contributed by atoms with Crippen molar-refractivity contribution in [3.63, 3.8) is 0 Å². The molecule has 2 heterocycles. The Hall–Kier alpha value is -2.45. The van der Waals surface area contributed by atoms with E-state index in [1.165, 1.54) is 0 Å². The van der Waals surface area contributed by atoms with Gasteiger partial charge in [-0.25, -0.2) is 4.68 Å². The first-order valence-electron chi connectivity index (χ1n) is 8.83. The van der Waals surface area contributed by atoms with Crippen LogP contribution in [0.25, 0.3) is 0 Å². The van der Waals surface area contributed by atoms with Crippen LogP contribution in [0.2, 0.25) is 5.02 Å². The van der Waals surface area contributed by atoms with Crippen LogP contribution in [0.5, 0.6) is 17.2 Å². The van der Waals surface area contributed by atoms with E-state index < -0.39 is 0 Å². The molecule has 0 fully saturated rings. The number of benzene rings is 2. The molecule has 28 heavy (non-hydrogen) atoms. The number of tetrazole rings is 1. The smallest absolute Gasteiger partial charge is 0.209 e. The van der Waals surface area contributed by atoms with Gasteiger partial charge in [0.05, 0.1) is 31.9 Å². The van der Waals surface area contributed by atoms with Crippen LogP contribution in [0.3, 0.4) is 0 Å². The Morgan fingerprint density at radius 1 is 1.14 bits per heavy atom. The maximum atomic E-state index is 6.37. The van der Waals surface area contributed by atoms with E-state index in [4.69, 9.17) is 25.8 Å². The van der Waals surface area contributed by atoms with Gasteiger partial charge in [-0.2, -0.15) is 0 Å². The Morgan fingerprint density at radius 2 is 1.96 bits per heavy atom. The third kappa shape index (κ3) is 4.34. The summed E-state index contributed by atoms with van der Waals surface area (Å²) in [5.74, 6) is 2.80. The summed E-state index contributed by atoms with van der Waals surface area (Å²) in [4.78, 5) is 0. The predicted octanol–water partition coefficient (Wildman–Crippen LogP) is 3.84. The number of rotatable bonds is 6. The van der Waals surface area contributed by atoms with Crippen molar-refractivity contribution in [3.05, 3.63) is 52.5 Å². The largest absolute Gasteiger partial charge is 0.497 e. The monoisotopic (exact) mass is 418 g/mol. The Labute approximate surface area is 171 Å². The fourth-order valence-electron chi connectivity index (χ4n) is 2.82. The number of fused-ring (bicyclic) bond motifs is 1. The predicted molar refractivity (Wildman–Crippen MR) is 107 cm³/mol. The van der Waals surface area contributed by atoms with Gasteiger partial charge >= 0.3 is 0 Å². The summed E-state index contributed by atoms with van der Waals surface area (Å²) in [7, 11) is 1.65. The lowest BCUT2D eigenvalue weighted by atomic mass is 10.2. The average molecular weight is 419 g/mol. The molecule has 0 spiro atoms. The highest BCUT2D eigenvalue weighted by atomic mass is 35.5. The Bertz CT molecular complexity index is 949. The highest BCUT2D eigenvalue weighted by Gasteiger charge is 2.16. The second-order valence-electron chi connectivity index (χ2n) is 6.21. The second kappa shape index (κ2) is 8.70. The molecule has 7 nitrogen and oxygen atoms in total. The standard InChI is InChI=1S/C19H19ClN4O3S/c1-25-15-5-3-13(4-6-15)11-24-19(21-22-23-24)28-12-14-9-16(20)18-17(10-14)26-7-2-8-27-18/h3-6,9-10H,2,7-8,11-12H2,1H3. The van der Waals surface area contributed by atoms with Gasteiger partial charge in [-0.1, -0.05) is 35.5 Å². The van der Waals surface area contributed by atoms with Gasteiger partial charge in [-0.3, -0.25) is 0 Å². The molecule has 146 valence electrons. The number of hydrogen-bond donors (Lipinski definition) is 0. The van der Waals surface area contributed by atoms with Crippen LogP contribution in [0.4, 0.5) is 0 Å². The van der Waals surface area contributed by atoms with E-state index in [9.17, 15) is 0 Å². The van der Waals surface area contributed by atoms with Gasteiger partial charge in [0.1, 0.15) is 5.75 Å². The number of halogens is 1. The van der Waals surface area contributed by atoms with Gasteiger partial charge in [-0.15, -0.1) is 5.10 Å². The number of nitrogens with zero attached hydrogens (tertiary/aromatic N) is 4. The average Bonchev–Trinajstić information content (AvgIpc) is 3.00. The van der Waals surface area contributed by atoms with E-state index in [1.54, 1.807) is 23.6 Å². The van der Waals surface area contributed by atoms with Gasteiger partial charge in [0.25, 0.3) is 0 Å². The lowest BCUT2D eigenvalue weighted by Gasteiger charge is -2.11. The summed E-state index contributed by atoms with van der Waals surface area (Å²) < 4.78 is 18.4. The molecule has 0 amide bonds. The first kappa shape index (κ1) is 18.9. The van der Waals surface area contributed by atoms with E-state index in [1.807, 2.05) is 36.4 Å². The maximum absolute atomic E-state index is 6.37. The molecule has 4 rings (SSSR count). The summed E-state index contributed by atoms with van der Waals surface area (Å²) in [6.07, 6.45) is 0.842. The molecule has 9 heteroatoms. The molecule has 0 saturated carbocycles. The highest BCUT2D eigenvalue weighted by molar-refractivity contribution is 7.98. The molecule has 0 radical (unpaired) electrons. The second-order valence-corrected chi connectivity index (χ2v) is 7.56. The number of hydrogen-bond acceptors (Lipinski definition) is 7. The fourth-order valence-corrected chi connectivity index (χ4v) is 3.91. The normalized spacial score (nSPS) is 13.2. The van der Waals surface area contributed by atoms with Gasteiger partial charge in [0.15, 0.2) is 11.5 Å². The van der Waals surface area contributed by atoms with E-state index in [2.05, 4.69) is 15.5 Å². The van der Waals surface area contributed by atoms with Gasteiger partial charge < -0.3 is 14.2 Å². The van der Waals surface area contributed by atoms with Crippen LogP contribution in [0.15, 0.2) is 41.6 Å². The molecule has 0 atom stereocenters. The lowest BCUT2D eigenvalue weighted by Crippen LogP contribution is -2.04. The molecule has 1 aliphatic heterocycles. The van der Waals surface area contributed by atoms with Crippen molar-refractivity contribution in [2.75, 3.05) is 20.3 Å². The zero-order chi connectivity index (χ0) is 19.3. The van der Waals surface area contributed by atoms with Crippen molar-refractivity contribution < 1.29 is 14.2 Å². The quantitative estimate of drug-likeness (QED) is 0.563. The van der Waals surface area contributed by atoms with Crippen LogP contribution >= 0.6 is 23.4 Å². The zero-order valence-electron chi connectivity index (χ0n) is 15.3. The van der Waals surface area contributed by atoms with Crippen molar-refractivity contribution in [2.24, 2.45) is 0 Å². The van der Waals surface area contributed by atoms with E-state index in [0.717, 1.165) is 28.5 Å². The molecule has 0 saturated heterocycles. The third-order valence-electron chi connectivity index (χ3n) is 4.22. The number of aromatic nitrogens is 4. The van der Waals surface area contributed by atoms with E-state index >= 15 is 0 Å². The molecule has 0 aliphatic carbocycles. The Balaban J connectivity index is 1.45. The van der Waals surface area contributed by atoms with E-state index in [0.29, 0.717) is 42.0 Å².